The standard InChI is InChI=1S/C20H16ClNO5/c1-26-17-9-16(18(27-2)8-15(17)21)22-20(25)13-7-11-5-3-4-6-12(11)14(10-23)19(13)24/h3-10,24H,1-2H3,(H,22,25). The number of ether oxygens (including phenoxy) is 2. The van der Waals surface area contributed by atoms with Gasteiger partial charge in [0.1, 0.15) is 17.2 Å². The number of hydrogen-bond donors (Lipinski definition) is 2. The number of hydrogen-bond acceptors (Lipinski definition) is 5. The van der Waals surface area contributed by atoms with Crippen LogP contribution in [0.5, 0.6) is 17.2 Å². The van der Waals surface area contributed by atoms with E-state index in [0.29, 0.717) is 39.3 Å². The summed E-state index contributed by atoms with van der Waals surface area (Å²) in [6.45, 7) is 0. The molecule has 0 bridgehead atoms. The Labute approximate surface area is 160 Å². The zero-order valence-electron chi connectivity index (χ0n) is 14.6. The highest BCUT2D eigenvalue weighted by Crippen LogP contribution is 2.37. The van der Waals surface area contributed by atoms with E-state index in [1.54, 1.807) is 24.3 Å². The molecule has 0 aliphatic heterocycles. The molecule has 7 heteroatoms. The number of carbonyl (C=O) groups excluding carboxylic acids is 2. The largest absolute Gasteiger partial charge is 0.506 e. The summed E-state index contributed by atoms with van der Waals surface area (Å²) in [4.78, 5) is 24.2. The van der Waals surface area contributed by atoms with Crippen molar-refractivity contribution >= 4 is 40.3 Å². The van der Waals surface area contributed by atoms with Crippen LogP contribution in [0.1, 0.15) is 20.7 Å². The lowest BCUT2D eigenvalue weighted by atomic mass is 9.99. The van der Waals surface area contributed by atoms with Gasteiger partial charge in [-0.05, 0) is 16.8 Å². The van der Waals surface area contributed by atoms with Gasteiger partial charge in [-0.25, -0.2) is 0 Å². The maximum absolute atomic E-state index is 12.8. The molecule has 0 heterocycles. The van der Waals surface area contributed by atoms with Crippen molar-refractivity contribution < 1.29 is 24.2 Å². The van der Waals surface area contributed by atoms with Crippen LogP contribution in [0.25, 0.3) is 10.8 Å². The Morgan fingerprint density at radius 2 is 1.81 bits per heavy atom. The molecule has 0 fully saturated rings. The van der Waals surface area contributed by atoms with Gasteiger partial charge in [0.05, 0.1) is 36.1 Å². The van der Waals surface area contributed by atoms with Crippen molar-refractivity contribution in [2.45, 2.75) is 0 Å². The van der Waals surface area contributed by atoms with Crippen LogP contribution in [0.2, 0.25) is 5.02 Å². The average molecular weight is 386 g/mol. The number of aromatic hydroxyl groups is 1. The second-order valence-electron chi connectivity index (χ2n) is 5.67. The van der Waals surface area contributed by atoms with Crippen LogP contribution in [0.15, 0.2) is 42.5 Å². The van der Waals surface area contributed by atoms with Gasteiger partial charge in [-0.3, -0.25) is 9.59 Å². The van der Waals surface area contributed by atoms with E-state index in [2.05, 4.69) is 5.32 Å². The highest BCUT2D eigenvalue weighted by molar-refractivity contribution is 6.32. The number of fused-ring (bicyclic) bond motifs is 1. The van der Waals surface area contributed by atoms with Gasteiger partial charge in [0, 0.05) is 12.1 Å². The van der Waals surface area contributed by atoms with E-state index in [1.165, 1.54) is 32.4 Å². The lowest BCUT2D eigenvalue weighted by molar-refractivity contribution is 0.102. The van der Waals surface area contributed by atoms with E-state index in [0.717, 1.165) is 0 Å². The van der Waals surface area contributed by atoms with Gasteiger partial charge in [-0.15, -0.1) is 0 Å². The highest BCUT2D eigenvalue weighted by Gasteiger charge is 2.20. The van der Waals surface area contributed by atoms with Crippen molar-refractivity contribution in [3.8, 4) is 17.2 Å². The minimum atomic E-state index is -0.607. The van der Waals surface area contributed by atoms with Gasteiger partial charge in [-0.1, -0.05) is 35.9 Å². The van der Waals surface area contributed by atoms with E-state index < -0.39 is 5.91 Å². The normalized spacial score (nSPS) is 10.5. The van der Waals surface area contributed by atoms with Crippen LogP contribution in [0.4, 0.5) is 5.69 Å². The van der Waals surface area contributed by atoms with Crippen LogP contribution in [-0.4, -0.2) is 31.5 Å². The fourth-order valence-corrected chi connectivity index (χ4v) is 3.04. The summed E-state index contributed by atoms with van der Waals surface area (Å²) in [5.41, 5.74) is 0.328. The minimum Gasteiger partial charge on any atom is -0.506 e. The third-order valence-electron chi connectivity index (χ3n) is 4.15. The number of halogens is 1. The number of rotatable bonds is 5. The summed E-state index contributed by atoms with van der Waals surface area (Å²) in [6, 6.07) is 11.5. The fraction of sp³-hybridized carbons (Fsp3) is 0.100. The fourth-order valence-electron chi connectivity index (χ4n) is 2.80. The summed E-state index contributed by atoms with van der Waals surface area (Å²) in [5.74, 6) is -0.320. The molecule has 0 aliphatic rings. The quantitative estimate of drug-likeness (QED) is 0.640. The van der Waals surface area contributed by atoms with Gasteiger partial charge in [0.2, 0.25) is 0 Å². The van der Waals surface area contributed by atoms with E-state index in [1.807, 2.05) is 0 Å². The lowest BCUT2D eigenvalue weighted by Crippen LogP contribution is -2.14. The van der Waals surface area contributed by atoms with Gasteiger partial charge in [-0.2, -0.15) is 0 Å². The third-order valence-corrected chi connectivity index (χ3v) is 4.44. The maximum atomic E-state index is 12.8. The molecule has 0 saturated heterocycles. The third kappa shape index (κ3) is 3.39. The molecule has 3 aromatic rings. The number of aldehydes is 1. The zero-order chi connectivity index (χ0) is 19.6. The zero-order valence-corrected chi connectivity index (χ0v) is 15.3. The minimum absolute atomic E-state index is 0.0354. The molecule has 0 aliphatic carbocycles. The summed E-state index contributed by atoms with van der Waals surface area (Å²) in [7, 11) is 2.89. The summed E-state index contributed by atoms with van der Waals surface area (Å²) >= 11 is 6.07. The average Bonchev–Trinajstić information content (AvgIpc) is 2.68. The Kier molecular flexibility index (Phi) is 5.19. The predicted molar refractivity (Wildman–Crippen MR) is 104 cm³/mol. The number of amides is 1. The Morgan fingerprint density at radius 3 is 2.48 bits per heavy atom. The molecule has 3 rings (SSSR count). The van der Waals surface area contributed by atoms with E-state index in [9.17, 15) is 14.7 Å². The highest BCUT2D eigenvalue weighted by atomic mass is 35.5. The molecule has 0 spiro atoms. The molecular weight excluding hydrogens is 370 g/mol. The first-order valence-electron chi connectivity index (χ1n) is 7.93. The van der Waals surface area contributed by atoms with Gasteiger partial charge >= 0.3 is 0 Å². The topological polar surface area (TPSA) is 84.9 Å². The van der Waals surface area contributed by atoms with Gasteiger partial charge in [0.25, 0.3) is 5.91 Å². The Balaban J connectivity index is 2.07. The van der Waals surface area contributed by atoms with Crippen LogP contribution >= 0.6 is 11.6 Å². The molecule has 6 nitrogen and oxygen atoms in total. The molecule has 0 unspecified atom stereocenters. The van der Waals surface area contributed by atoms with Crippen molar-refractivity contribution in [1.82, 2.24) is 0 Å². The van der Waals surface area contributed by atoms with Gasteiger partial charge in [0.15, 0.2) is 6.29 Å². The number of carbonyl (C=O) groups is 2. The Morgan fingerprint density at radius 1 is 1.11 bits per heavy atom. The van der Waals surface area contributed by atoms with E-state index in [-0.39, 0.29) is 16.9 Å². The van der Waals surface area contributed by atoms with E-state index in [4.69, 9.17) is 21.1 Å². The van der Waals surface area contributed by atoms with Gasteiger partial charge < -0.3 is 19.9 Å². The van der Waals surface area contributed by atoms with Crippen molar-refractivity contribution in [2.24, 2.45) is 0 Å². The number of nitrogens with one attached hydrogen (secondary N) is 1. The number of anilines is 1. The molecule has 138 valence electrons. The first-order valence-corrected chi connectivity index (χ1v) is 8.30. The Bertz CT molecular complexity index is 1050. The van der Waals surface area contributed by atoms with Crippen LogP contribution < -0.4 is 14.8 Å². The molecule has 0 saturated carbocycles. The first kappa shape index (κ1) is 18.5. The number of benzene rings is 3. The number of phenolic OH excluding ortho intramolecular Hbond substituents is 1. The number of phenols is 1. The summed E-state index contributed by atoms with van der Waals surface area (Å²) in [6.07, 6.45) is 0.528. The SMILES string of the molecule is COc1cc(NC(=O)c2cc3ccccc3c(C=O)c2O)c(OC)cc1Cl. The molecule has 27 heavy (non-hydrogen) atoms. The molecule has 0 aromatic heterocycles. The van der Waals surface area contributed by atoms with Crippen molar-refractivity contribution in [1.29, 1.82) is 0 Å². The molecule has 0 atom stereocenters. The van der Waals surface area contributed by atoms with Crippen molar-refractivity contribution in [3.05, 3.63) is 58.6 Å². The molecule has 1 amide bonds. The van der Waals surface area contributed by atoms with Crippen molar-refractivity contribution in [3.63, 3.8) is 0 Å². The van der Waals surface area contributed by atoms with Crippen molar-refractivity contribution in [2.75, 3.05) is 19.5 Å². The first-order chi connectivity index (χ1) is 13.0. The molecular formula is C20H16ClNO5. The Hall–Kier alpha value is -3.25. The monoisotopic (exact) mass is 385 g/mol. The second-order valence-corrected chi connectivity index (χ2v) is 6.07. The summed E-state index contributed by atoms with van der Waals surface area (Å²) < 4.78 is 10.4. The van der Waals surface area contributed by atoms with Crippen LogP contribution in [0, 0.1) is 0 Å². The lowest BCUT2D eigenvalue weighted by Gasteiger charge is -2.14. The van der Waals surface area contributed by atoms with E-state index >= 15 is 0 Å². The smallest absolute Gasteiger partial charge is 0.259 e. The van der Waals surface area contributed by atoms with Crippen LogP contribution in [0.3, 0.4) is 0 Å². The molecule has 3 aromatic carbocycles. The maximum Gasteiger partial charge on any atom is 0.259 e. The predicted octanol–water partition coefficient (Wildman–Crippen LogP) is 4.28. The molecule has 0 radical (unpaired) electrons. The molecule has 2 N–H and O–H groups in total. The second kappa shape index (κ2) is 7.55. The van der Waals surface area contributed by atoms with Crippen LogP contribution in [-0.2, 0) is 0 Å². The number of methoxy groups -OCH3 is 2. The summed E-state index contributed by atoms with van der Waals surface area (Å²) in [5, 5.41) is 14.6.